The third kappa shape index (κ3) is 3.08. The normalized spacial score (nSPS) is 27.7. The van der Waals surface area contributed by atoms with Gasteiger partial charge >= 0.3 is 0 Å². The third-order valence-corrected chi connectivity index (χ3v) is 4.07. The van der Waals surface area contributed by atoms with Crippen molar-refractivity contribution in [1.29, 1.82) is 0 Å². The minimum absolute atomic E-state index is 0.801. The van der Waals surface area contributed by atoms with E-state index in [4.69, 9.17) is 0 Å². The predicted molar refractivity (Wildman–Crippen MR) is 63.0 cm³/mol. The Hall–Kier alpha value is -0.380. The maximum absolute atomic E-state index is 4.40. The van der Waals surface area contributed by atoms with E-state index < -0.39 is 0 Å². The van der Waals surface area contributed by atoms with Gasteiger partial charge in [-0.2, -0.15) is 11.8 Å². The lowest BCUT2D eigenvalue weighted by atomic mass is 10.2. The van der Waals surface area contributed by atoms with Crippen LogP contribution in [-0.4, -0.2) is 36.6 Å². The molecule has 3 nitrogen and oxygen atoms in total. The maximum Gasteiger partial charge on any atom is 0.191 e. The molecule has 0 saturated carbocycles. The summed E-state index contributed by atoms with van der Waals surface area (Å²) in [5.41, 5.74) is 0. The molecule has 0 aromatic heterocycles. The average molecular weight is 213 g/mol. The Bertz CT molecular complexity index is 200. The van der Waals surface area contributed by atoms with Crippen LogP contribution in [0, 0.1) is 0 Å². The number of hydrogen-bond donors (Lipinski definition) is 2. The molecule has 1 saturated heterocycles. The van der Waals surface area contributed by atoms with Crippen molar-refractivity contribution in [2.75, 3.05) is 25.4 Å². The fourth-order valence-electron chi connectivity index (χ4n) is 1.83. The molecule has 14 heavy (non-hydrogen) atoms. The highest BCUT2D eigenvalue weighted by Crippen LogP contribution is 2.24. The van der Waals surface area contributed by atoms with Gasteiger partial charge in [-0.3, -0.25) is 4.99 Å². The molecule has 0 aromatic carbocycles. The summed E-state index contributed by atoms with van der Waals surface area (Å²) < 4.78 is 0. The van der Waals surface area contributed by atoms with E-state index in [0.29, 0.717) is 0 Å². The van der Waals surface area contributed by atoms with E-state index in [1.807, 2.05) is 0 Å². The Labute approximate surface area is 90.1 Å². The largest absolute Gasteiger partial charge is 0.356 e. The van der Waals surface area contributed by atoms with Gasteiger partial charge in [0, 0.05) is 24.9 Å². The molecule has 0 bridgehead atoms. The zero-order valence-electron chi connectivity index (χ0n) is 8.59. The van der Waals surface area contributed by atoms with Gasteiger partial charge in [-0.25, -0.2) is 0 Å². The SMILES string of the molecule is C1CN=C(NC[C@@H]2CCCCS2)NC1. The summed E-state index contributed by atoms with van der Waals surface area (Å²) in [5, 5.41) is 7.50. The number of thioether (sulfide) groups is 1. The lowest BCUT2D eigenvalue weighted by Gasteiger charge is -2.23. The van der Waals surface area contributed by atoms with Crippen molar-refractivity contribution in [3.05, 3.63) is 0 Å². The molecule has 0 amide bonds. The predicted octanol–water partition coefficient (Wildman–Crippen LogP) is 1.21. The second-order valence-corrected chi connectivity index (χ2v) is 5.29. The van der Waals surface area contributed by atoms with Gasteiger partial charge in [0.25, 0.3) is 0 Å². The van der Waals surface area contributed by atoms with Gasteiger partial charge in [-0.1, -0.05) is 6.42 Å². The van der Waals surface area contributed by atoms with Crippen molar-refractivity contribution in [3.8, 4) is 0 Å². The number of rotatable bonds is 2. The van der Waals surface area contributed by atoms with Gasteiger partial charge in [-0.15, -0.1) is 0 Å². The topological polar surface area (TPSA) is 36.4 Å². The van der Waals surface area contributed by atoms with Gasteiger partial charge in [0.2, 0.25) is 0 Å². The number of hydrogen-bond acceptors (Lipinski definition) is 4. The molecular formula is C10H19N3S. The molecule has 2 N–H and O–H groups in total. The Morgan fingerprint density at radius 3 is 3.14 bits per heavy atom. The zero-order valence-corrected chi connectivity index (χ0v) is 9.41. The molecule has 2 aliphatic rings. The summed E-state index contributed by atoms with van der Waals surface area (Å²) in [7, 11) is 0. The summed E-state index contributed by atoms with van der Waals surface area (Å²) in [6.45, 7) is 3.13. The van der Waals surface area contributed by atoms with Crippen molar-refractivity contribution in [1.82, 2.24) is 10.6 Å². The van der Waals surface area contributed by atoms with Crippen LogP contribution in [0.1, 0.15) is 25.7 Å². The van der Waals surface area contributed by atoms with Crippen molar-refractivity contribution < 1.29 is 0 Å². The van der Waals surface area contributed by atoms with Crippen molar-refractivity contribution in [2.24, 2.45) is 4.99 Å². The van der Waals surface area contributed by atoms with Crippen LogP contribution in [-0.2, 0) is 0 Å². The van der Waals surface area contributed by atoms with Crippen LogP contribution >= 0.6 is 11.8 Å². The average Bonchev–Trinajstić information content (AvgIpc) is 2.29. The summed E-state index contributed by atoms with van der Waals surface area (Å²) in [6, 6.07) is 0. The molecule has 1 atom stereocenters. The highest BCUT2D eigenvalue weighted by Gasteiger charge is 2.14. The summed E-state index contributed by atoms with van der Waals surface area (Å²) >= 11 is 2.11. The lowest BCUT2D eigenvalue weighted by molar-refractivity contribution is 0.633. The van der Waals surface area contributed by atoms with Crippen LogP contribution in [0.15, 0.2) is 4.99 Å². The minimum Gasteiger partial charge on any atom is -0.356 e. The maximum atomic E-state index is 4.40. The molecule has 0 radical (unpaired) electrons. The molecule has 2 rings (SSSR count). The first-order valence-electron chi connectivity index (χ1n) is 5.59. The van der Waals surface area contributed by atoms with Crippen LogP contribution in [0.3, 0.4) is 0 Å². The molecule has 2 heterocycles. The number of guanidine groups is 1. The molecule has 2 aliphatic heterocycles. The van der Waals surface area contributed by atoms with Crippen molar-refractivity contribution in [2.45, 2.75) is 30.9 Å². The lowest BCUT2D eigenvalue weighted by Crippen LogP contribution is -2.43. The van der Waals surface area contributed by atoms with Crippen LogP contribution in [0.25, 0.3) is 0 Å². The first kappa shape index (κ1) is 10.1. The molecule has 1 fully saturated rings. The van der Waals surface area contributed by atoms with Crippen LogP contribution in [0.5, 0.6) is 0 Å². The second-order valence-electron chi connectivity index (χ2n) is 3.88. The standard InChI is InChI=1S/C10H19N3S/c1-2-7-14-9(4-1)8-13-10-11-5-3-6-12-10/h9H,1-8H2,(H2,11,12,13)/t9-/m0/s1. The molecule has 4 heteroatoms. The minimum atomic E-state index is 0.801. The smallest absolute Gasteiger partial charge is 0.191 e. The first-order valence-corrected chi connectivity index (χ1v) is 6.64. The van der Waals surface area contributed by atoms with Crippen LogP contribution in [0.4, 0.5) is 0 Å². The van der Waals surface area contributed by atoms with Gasteiger partial charge < -0.3 is 10.6 Å². The monoisotopic (exact) mass is 213 g/mol. The third-order valence-electron chi connectivity index (χ3n) is 2.67. The molecule has 0 aromatic rings. The van der Waals surface area contributed by atoms with E-state index in [1.165, 1.54) is 31.4 Å². The Morgan fingerprint density at radius 2 is 2.43 bits per heavy atom. The summed E-state index contributed by atoms with van der Waals surface area (Å²) in [5.74, 6) is 2.36. The fourth-order valence-corrected chi connectivity index (χ4v) is 3.07. The zero-order chi connectivity index (χ0) is 9.64. The van der Waals surface area contributed by atoms with Gasteiger partial charge in [0.1, 0.15) is 0 Å². The van der Waals surface area contributed by atoms with E-state index in [2.05, 4.69) is 27.4 Å². The molecule has 0 aliphatic carbocycles. The van der Waals surface area contributed by atoms with Crippen molar-refractivity contribution >= 4 is 17.7 Å². The van der Waals surface area contributed by atoms with Gasteiger partial charge in [0.05, 0.1) is 0 Å². The fraction of sp³-hybridized carbons (Fsp3) is 0.900. The summed E-state index contributed by atoms with van der Waals surface area (Å²) in [6.07, 6.45) is 5.34. The van der Waals surface area contributed by atoms with E-state index in [-0.39, 0.29) is 0 Å². The van der Waals surface area contributed by atoms with Gasteiger partial charge in [-0.05, 0) is 25.0 Å². The number of nitrogens with one attached hydrogen (secondary N) is 2. The van der Waals surface area contributed by atoms with Crippen LogP contribution in [0.2, 0.25) is 0 Å². The molecule has 80 valence electrons. The van der Waals surface area contributed by atoms with Crippen LogP contribution < -0.4 is 10.6 Å². The summed E-state index contributed by atoms with van der Waals surface area (Å²) in [4.78, 5) is 4.40. The van der Waals surface area contributed by atoms with E-state index in [9.17, 15) is 0 Å². The quantitative estimate of drug-likeness (QED) is 0.724. The Balaban J connectivity index is 1.67. The van der Waals surface area contributed by atoms with E-state index in [1.54, 1.807) is 0 Å². The Morgan fingerprint density at radius 1 is 1.43 bits per heavy atom. The van der Waals surface area contributed by atoms with E-state index >= 15 is 0 Å². The molecule has 0 unspecified atom stereocenters. The Kier molecular flexibility index (Phi) is 3.98. The highest BCUT2D eigenvalue weighted by molar-refractivity contribution is 7.99. The second kappa shape index (κ2) is 5.49. The first-order chi connectivity index (χ1) is 6.95. The van der Waals surface area contributed by atoms with E-state index in [0.717, 1.165) is 30.8 Å². The molecule has 0 spiro atoms. The number of aliphatic imine (C=N–C) groups is 1. The number of nitrogens with zero attached hydrogens (tertiary/aromatic N) is 1. The van der Waals surface area contributed by atoms with Gasteiger partial charge in [0.15, 0.2) is 5.96 Å². The molecular weight excluding hydrogens is 194 g/mol. The highest BCUT2D eigenvalue weighted by atomic mass is 32.2. The van der Waals surface area contributed by atoms with Crippen molar-refractivity contribution in [3.63, 3.8) is 0 Å².